The molecule has 1 saturated heterocycles. The summed E-state index contributed by atoms with van der Waals surface area (Å²) in [6.45, 7) is 4.81. The molecule has 0 saturated carbocycles. The minimum Gasteiger partial charge on any atom is -0.507 e. The normalized spacial score (nSPS) is 21.3. The van der Waals surface area contributed by atoms with Gasteiger partial charge in [-0.3, -0.25) is 9.69 Å². The van der Waals surface area contributed by atoms with E-state index in [1.54, 1.807) is 30.3 Å². The predicted octanol–water partition coefficient (Wildman–Crippen LogP) is 4.89. The summed E-state index contributed by atoms with van der Waals surface area (Å²) in [5.74, 6) is 1.41. The van der Waals surface area contributed by atoms with Crippen LogP contribution in [0.5, 0.6) is 11.5 Å². The number of halogens is 1. The zero-order valence-electron chi connectivity index (χ0n) is 15.2. The minimum absolute atomic E-state index is 0.159. The lowest BCUT2D eigenvalue weighted by Gasteiger charge is -2.31. The van der Waals surface area contributed by atoms with Gasteiger partial charge < -0.3 is 9.84 Å². The lowest BCUT2D eigenvalue weighted by Crippen LogP contribution is -2.33. The van der Waals surface area contributed by atoms with Gasteiger partial charge in [-0.15, -0.1) is 0 Å². The number of hydrogen-bond donors (Lipinski definition) is 1. The molecule has 1 N–H and O–H groups in total. The molecule has 2 aromatic carbocycles. The number of ether oxygens (including phenoxy) is 1. The molecule has 0 aliphatic carbocycles. The zero-order valence-corrected chi connectivity index (χ0v) is 16.0. The van der Waals surface area contributed by atoms with E-state index < -0.39 is 0 Å². The number of nitrogens with zero attached hydrogens (tertiary/aromatic N) is 1. The first-order chi connectivity index (χ1) is 13.0. The third kappa shape index (κ3) is 3.73. The molecule has 1 atom stereocenters. The van der Waals surface area contributed by atoms with E-state index in [-0.39, 0.29) is 17.3 Å². The van der Waals surface area contributed by atoms with Crippen molar-refractivity contribution in [2.75, 3.05) is 13.1 Å². The van der Waals surface area contributed by atoms with Crippen molar-refractivity contribution in [3.8, 4) is 11.5 Å². The Hall–Kier alpha value is -2.30. The van der Waals surface area contributed by atoms with Crippen molar-refractivity contribution < 1.29 is 14.6 Å². The zero-order chi connectivity index (χ0) is 19.0. The maximum Gasteiger partial charge on any atom is 0.231 e. The van der Waals surface area contributed by atoms with E-state index in [1.165, 1.54) is 6.42 Å². The van der Waals surface area contributed by atoms with Gasteiger partial charge in [-0.2, -0.15) is 0 Å². The summed E-state index contributed by atoms with van der Waals surface area (Å²) in [5.41, 5.74) is 2.04. The number of likely N-dealkylation sites (tertiary alicyclic amines) is 1. The van der Waals surface area contributed by atoms with Crippen LogP contribution in [0.2, 0.25) is 5.02 Å². The van der Waals surface area contributed by atoms with Crippen LogP contribution >= 0.6 is 11.6 Å². The number of ketones is 1. The number of carbonyl (C=O) groups is 1. The van der Waals surface area contributed by atoms with E-state index in [1.807, 2.05) is 12.1 Å². The number of phenolic OH excluding ortho intramolecular Hbond substituents is 1. The van der Waals surface area contributed by atoms with E-state index >= 15 is 0 Å². The SMILES string of the molecule is CC1CCCN(Cc2c(O)ccc3c2O/C(=C/c2ccc(Cl)cc2)C3=O)C1. The second-order valence-corrected chi connectivity index (χ2v) is 7.85. The molecule has 0 amide bonds. The summed E-state index contributed by atoms with van der Waals surface area (Å²) >= 11 is 5.92. The van der Waals surface area contributed by atoms with Crippen LogP contribution in [0.4, 0.5) is 0 Å². The maximum absolute atomic E-state index is 12.8. The van der Waals surface area contributed by atoms with Gasteiger partial charge in [0, 0.05) is 18.1 Å². The number of fused-ring (bicyclic) bond motifs is 1. The second-order valence-electron chi connectivity index (χ2n) is 7.41. The van der Waals surface area contributed by atoms with Crippen LogP contribution in [0.1, 0.15) is 41.3 Å². The van der Waals surface area contributed by atoms with Gasteiger partial charge in [-0.25, -0.2) is 0 Å². The summed E-state index contributed by atoms with van der Waals surface area (Å²) in [6, 6.07) is 10.4. The largest absolute Gasteiger partial charge is 0.507 e. The van der Waals surface area contributed by atoms with Crippen molar-refractivity contribution in [3.63, 3.8) is 0 Å². The highest BCUT2D eigenvalue weighted by atomic mass is 35.5. The number of rotatable bonds is 3. The van der Waals surface area contributed by atoms with Gasteiger partial charge in [-0.1, -0.05) is 30.7 Å². The fourth-order valence-corrected chi connectivity index (χ4v) is 3.94. The third-order valence-corrected chi connectivity index (χ3v) is 5.46. The van der Waals surface area contributed by atoms with Gasteiger partial charge in [-0.05, 0) is 61.2 Å². The summed E-state index contributed by atoms with van der Waals surface area (Å²) in [5, 5.41) is 11.1. The lowest BCUT2D eigenvalue weighted by atomic mass is 9.99. The highest BCUT2D eigenvalue weighted by Gasteiger charge is 2.32. The van der Waals surface area contributed by atoms with Crippen molar-refractivity contribution in [2.45, 2.75) is 26.3 Å². The van der Waals surface area contributed by atoms with Crippen LogP contribution in [0.3, 0.4) is 0 Å². The van der Waals surface area contributed by atoms with E-state index in [2.05, 4.69) is 11.8 Å². The molecular weight excluding hydrogens is 362 g/mol. The number of Topliss-reactive ketones (excluding diaryl/α,β-unsaturated/α-hetero) is 1. The Morgan fingerprint density at radius 1 is 1.26 bits per heavy atom. The quantitative estimate of drug-likeness (QED) is 0.766. The van der Waals surface area contributed by atoms with Gasteiger partial charge in [0.2, 0.25) is 5.78 Å². The van der Waals surface area contributed by atoms with E-state index in [9.17, 15) is 9.90 Å². The van der Waals surface area contributed by atoms with Crippen LogP contribution < -0.4 is 4.74 Å². The van der Waals surface area contributed by atoms with Crippen LogP contribution in [0.15, 0.2) is 42.2 Å². The van der Waals surface area contributed by atoms with Crippen molar-refractivity contribution in [1.82, 2.24) is 4.90 Å². The van der Waals surface area contributed by atoms with Gasteiger partial charge in [0.1, 0.15) is 11.5 Å². The topological polar surface area (TPSA) is 49.8 Å². The van der Waals surface area contributed by atoms with Gasteiger partial charge >= 0.3 is 0 Å². The van der Waals surface area contributed by atoms with Crippen molar-refractivity contribution in [1.29, 1.82) is 0 Å². The molecular formula is C22H22ClNO3. The van der Waals surface area contributed by atoms with E-state index in [0.29, 0.717) is 34.4 Å². The number of aromatic hydroxyl groups is 1. The summed E-state index contributed by atoms with van der Waals surface area (Å²) in [7, 11) is 0. The first kappa shape index (κ1) is 18.1. The van der Waals surface area contributed by atoms with Crippen LogP contribution in [0.25, 0.3) is 6.08 Å². The maximum atomic E-state index is 12.8. The third-order valence-electron chi connectivity index (χ3n) is 5.21. The van der Waals surface area contributed by atoms with Crippen molar-refractivity contribution in [3.05, 3.63) is 63.9 Å². The average Bonchev–Trinajstić information content (AvgIpc) is 2.96. The average molecular weight is 384 g/mol. The Bertz CT molecular complexity index is 905. The highest BCUT2D eigenvalue weighted by molar-refractivity contribution is 6.30. The smallest absolute Gasteiger partial charge is 0.231 e. The number of hydrogen-bond acceptors (Lipinski definition) is 4. The van der Waals surface area contributed by atoms with Crippen molar-refractivity contribution >= 4 is 23.5 Å². The predicted molar refractivity (Wildman–Crippen MR) is 106 cm³/mol. The van der Waals surface area contributed by atoms with Crippen LogP contribution in [0, 0.1) is 5.92 Å². The Labute approximate surface area is 164 Å². The fraction of sp³-hybridized carbons (Fsp3) is 0.318. The molecule has 1 fully saturated rings. The standard InChI is InChI=1S/C22H22ClNO3/c1-14-3-2-10-24(12-14)13-18-19(25)9-8-17-21(26)20(27-22(17)18)11-15-4-6-16(23)7-5-15/h4-9,11,14,25H,2-3,10,12-13H2,1H3/b20-11+. The summed E-state index contributed by atoms with van der Waals surface area (Å²) in [6.07, 6.45) is 4.10. The monoisotopic (exact) mass is 383 g/mol. The van der Waals surface area contributed by atoms with E-state index in [0.717, 1.165) is 25.1 Å². The second kappa shape index (κ2) is 7.37. The molecule has 4 nitrogen and oxygen atoms in total. The first-order valence-corrected chi connectivity index (χ1v) is 9.66. The molecule has 2 aliphatic heterocycles. The molecule has 140 valence electrons. The van der Waals surface area contributed by atoms with Gasteiger partial charge in [0.15, 0.2) is 5.76 Å². The highest BCUT2D eigenvalue weighted by Crippen LogP contribution is 2.40. The van der Waals surface area contributed by atoms with Gasteiger partial charge in [0.05, 0.1) is 11.1 Å². The Morgan fingerprint density at radius 3 is 2.78 bits per heavy atom. The van der Waals surface area contributed by atoms with Crippen molar-refractivity contribution in [2.24, 2.45) is 5.92 Å². The molecule has 2 aliphatic rings. The number of piperidine rings is 1. The molecule has 2 heterocycles. The first-order valence-electron chi connectivity index (χ1n) is 9.28. The Balaban J connectivity index is 1.63. The fourth-order valence-electron chi connectivity index (χ4n) is 3.81. The minimum atomic E-state index is -0.159. The van der Waals surface area contributed by atoms with E-state index in [4.69, 9.17) is 16.3 Å². The lowest BCUT2D eigenvalue weighted by molar-refractivity contribution is 0.101. The summed E-state index contributed by atoms with van der Waals surface area (Å²) in [4.78, 5) is 15.1. The molecule has 27 heavy (non-hydrogen) atoms. The molecule has 0 radical (unpaired) electrons. The van der Waals surface area contributed by atoms with Crippen LogP contribution in [-0.4, -0.2) is 28.9 Å². The Morgan fingerprint density at radius 2 is 2.04 bits per heavy atom. The number of carbonyl (C=O) groups excluding carboxylic acids is 1. The molecule has 5 heteroatoms. The number of benzene rings is 2. The molecule has 0 bridgehead atoms. The van der Waals surface area contributed by atoms with Gasteiger partial charge in [0.25, 0.3) is 0 Å². The summed E-state index contributed by atoms with van der Waals surface area (Å²) < 4.78 is 5.93. The number of phenols is 1. The Kier molecular flexibility index (Phi) is 4.94. The molecule has 0 spiro atoms. The molecule has 0 aromatic heterocycles. The number of allylic oxidation sites excluding steroid dienone is 1. The molecule has 4 rings (SSSR count). The van der Waals surface area contributed by atoms with Crippen LogP contribution in [-0.2, 0) is 6.54 Å². The molecule has 2 aromatic rings. The molecule has 1 unspecified atom stereocenters.